The first-order valence-corrected chi connectivity index (χ1v) is 4.91. The molecule has 0 aliphatic heterocycles. The monoisotopic (exact) mass is 278 g/mol. The molecule has 0 radical (unpaired) electrons. The highest BCUT2D eigenvalue weighted by molar-refractivity contribution is 5.92. The van der Waals surface area contributed by atoms with Crippen molar-refractivity contribution in [1.29, 1.82) is 0 Å². The molecule has 1 rings (SSSR count). The molecule has 104 valence electrons. The van der Waals surface area contributed by atoms with Gasteiger partial charge in [0.15, 0.2) is 23.5 Å². The average Bonchev–Trinajstić information content (AvgIpc) is 2.36. The molecule has 4 N–H and O–H groups in total. The Morgan fingerprint density at radius 2 is 1.84 bits per heavy atom. The Hall–Kier alpha value is -2.29. The number of rotatable bonds is 4. The number of aliphatic hydroxyl groups is 1. The van der Waals surface area contributed by atoms with E-state index in [9.17, 15) is 22.8 Å². The molecule has 0 saturated heterocycles. The van der Waals surface area contributed by atoms with Gasteiger partial charge in [0.25, 0.3) is 0 Å². The van der Waals surface area contributed by atoms with E-state index in [0.29, 0.717) is 6.07 Å². The van der Waals surface area contributed by atoms with E-state index in [-0.39, 0.29) is 0 Å². The molecule has 0 aromatic heterocycles. The van der Waals surface area contributed by atoms with Crippen molar-refractivity contribution in [3.63, 3.8) is 0 Å². The molecule has 1 aromatic rings. The van der Waals surface area contributed by atoms with Gasteiger partial charge in [-0.3, -0.25) is 0 Å². The average molecular weight is 278 g/mol. The maximum Gasteiger partial charge on any atom is 0.328 e. The van der Waals surface area contributed by atoms with Gasteiger partial charge in [0.2, 0.25) is 0 Å². The normalized spacial score (nSPS) is 11.8. The number of urea groups is 1. The second-order valence-corrected chi connectivity index (χ2v) is 3.39. The zero-order valence-corrected chi connectivity index (χ0v) is 9.28. The number of amides is 2. The number of benzene rings is 1. The molecule has 0 saturated carbocycles. The van der Waals surface area contributed by atoms with Crippen LogP contribution in [0.4, 0.5) is 23.7 Å². The SMILES string of the molecule is O=C(Nc1ccc(F)c(F)c1F)N[C@@H](CO)C(=O)O. The molecule has 0 aliphatic rings. The number of aliphatic hydroxyl groups excluding tert-OH is 1. The van der Waals surface area contributed by atoms with Crippen LogP contribution in [0, 0.1) is 17.5 Å². The van der Waals surface area contributed by atoms with Crippen molar-refractivity contribution in [2.24, 2.45) is 0 Å². The lowest BCUT2D eigenvalue weighted by Crippen LogP contribution is -2.45. The van der Waals surface area contributed by atoms with Gasteiger partial charge >= 0.3 is 12.0 Å². The largest absolute Gasteiger partial charge is 0.480 e. The number of carboxylic acids is 1. The Kier molecular flexibility index (Phi) is 4.70. The van der Waals surface area contributed by atoms with E-state index in [1.165, 1.54) is 0 Å². The summed E-state index contributed by atoms with van der Waals surface area (Å²) in [5.41, 5.74) is -0.668. The standard InChI is InChI=1S/C10H9F3N2O4/c11-4-1-2-5(8(13)7(4)12)14-10(19)15-6(3-16)9(17)18/h1-2,6,16H,3H2,(H,17,18)(H2,14,15,19)/t6-/m0/s1. The molecule has 1 aromatic carbocycles. The van der Waals surface area contributed by atoms with Gasteiger partial charge in [-0.1, -0.05) is 0 Å². The molecule has 0 fully saturated rings. The minimum Gasteiger partial charge on any atom is -0.480 e. The summed E-state index contributed by atoms with van der Waals surface area (Å²) in [4.78, 5) is 21.8. The summed E-state index contributed by atoms with van der Waals surface area (Å²) in [6, 6.07) is -1.43. The quantitative estimate of drug-likeness (QED) is 0.608. The zero-order chi connectivity index (χ0) is 14.6. The second-order valence-electron chi connectivity index (χ2n) is 3.39. The van der Waals surface area contributed by atoms with Gasteiger partial charge in [-0.15, -0.1) is 0 Å². The second kappa shape index (κ2) is 6.05. The van der Waals surface area contributed by atoms with Gasteiger partial charge < -0.3 is 20.8 Å². The van der Waals surface area contributed by atoms with Gasteiger partial charge in [0, 0.05) is 0 Å². The van der Waals surface area contributed by atoms with Gasteiger partial charge in [-0.2, -0.15) is 0 Å². The van der Waals surface area contributed by atoms with Crippen LogP contribution in [0.1, 0.15) is 0 Å². The van der Waals surface area contributed by atoms with Crippen LogP contribution in [-0.2, 0) is 4.79 Å². The number of nitrogens with one attached hydrogen (secondary N) is 2. The van der Waals surface area contributed by atoms with Crippen LogP contribution in [-0.4, -0.2) is 34.9 Å². The maximum atomic E-state index is 13.2. The molecule has 6 nitrogen and oxygen atoms in total. The summed E-state index contributed by atoms with van der Waals surface area (Å²) in [7, 11) is 0. The number of carbonyl (C=O) groups is 2. The summed E-state index contributed by atoms with van der Waals surface area (Å²) in [6.45, 7) is -0.886. The molecule has 0 unspecified atom stereocenters. The molecule has 19 heavy (non-hydrogen) atoms. The Labute approximate surface area is 104 Å². The maximum absolute atomic E-state index is 13.2. The number of hydrogen-bond donors (Lipinski definition) is 4. The predicted octanol–water partition coefficient (Wildman–Crippen LogP) is 0.671. The van der Waals surface area contributed by atoms with E-state index in [2.05, 4.69) is 0 Å². The molecule has 0 bridgehead atoms. The topological polar surface area (TPSA) is 98.7 Å². The van der Waals surface area contributed by atoms with Crippen LogP contribution >= 0.6 is 0 Å². The van der Waals surface area contributed by atoms with Crippen molar-refractivity contribution >= 4 is 17.7 Å². The van der Waals surface area contributed by atoms with Gasteiger partial charge in [0.05, 0.1) is 12.3 Å². The van der Waals surface area contributed by atoms with Crippen LogP contribution in [0.3, 0.4) is 0 Å². The number of halogens is 3. The van der Waals surface area contributed by atoms with Crippen molar-refractivity contribution < 1.29 is 33.0 Å². The first-order valence-electron chi connectivity index (χ1n) is 4.91. The third-order valence-corrected chi connectivity index (χ3v) is 2.07. The summed E-state index contributed by atoms with van der Waals surface area (Å²) >= 11 is 0. The highest BCUT2D eigenvalue weighted by Gasteiger charge is 2.20. The van der Waals surface area contributed by atoms with E-state index in [4.69, 9.17) is 10.2 Å². The lowest BCUT2D eigenvalue weighted by Gasteiger charge is -2.13. The Balaban J connectivity index is 2.78. The van der Waals surface area contributed by atoms with Crippen molar-refractivity contribution in [3.8, 4) is 0 Å². The van der Waals surface area contributed by atoms with E-state index in [0.717, 1.165) is 6.07 Å². The molecule has 0 heterocycles. The number of carbonyl (C=O) groups excluding carboxylic acids is 1. The Morgan fingerprint density at radius 1 is 1.21 bits per heavy atom. The Morgan fingerprint density at radius 3 is 2.37 bits per heavy atom. The minimum atomic E-state index is -1.77. The highest BCUT2D eigenvalue weighted by atomic mass is 19.2. The fraction of sp³-hybridized carbons (Fsp3) is 0.200. The number of anilines is 1. The lowest BCUT2D eigenvalue weighted by molar-refractivity contribution is -0.140. The number of carboxylic acid groups (broad SMARTS) is 1. The first-order chi connectivity index (χ1) is 8.86. The van der Waals surface area contributed by atoms with Crippen LogP contribution in [0.2, 0.25) is 0 Å². The van der Waals surface area contributed by atoms with E-state index in [1.54, 1.807) is 10.6 Å². The molecular formula is C10H9F3N2O4. The van der Waals surface area contributed by atoms with Crippen molar-refractivity contribution in [1.82, 2.24) is 5.32 Å². The van der Waals surface area contributed by atoms with Crippen LogP contribution < -0.4 is 10.6 Å². The predicted molar refractivity (Wildman–Crippen MR) is 57.0 cm³/mol. The Bertz CT molecular complexity index is 510. The summed E-state index contributed by atoms with van der Waals surface area (Å²) in [5, 5.41) is 20.8. The van der Waals surface area contributed by atoms with Crippen molar-refractivity contribution in [3.05, 3.63) is 29.6 Å². The number of aliphatic carboxylic acids is 1. The van der Waals surface area contributed by atoms with Crippen molar-refractivity contribution in [2.45, 2.75) is 6.04 Å². The summed E-state index contributed by atoms with van der Waals surface area (Å²) in [5.74, 6) is -6.33. The van der Waals surface area contributed by atoms with Gasteiger partial charge in [0.1, 0.15) is 0 Å². The molecule has 2 amide bonds. The smallest absolute Gasteiger partial charge is 0.328 e. The molecule has 1 atom stereocenters. The number of hydrogen-bond acceptors (Lipinski definition) is 3. The summed E-state index contributed by atoms with van der Waals surface area (Å²) in [6.07, 6.45) is 0. The fourth-order valence-electron chi connectivity index (χ4n) is 1.12. The first kappa shape index (κ1) is 14.8. The summed E-state index contributed by atoms with van der Waals surface area (Å²) < 4.78 is 38.6. The minimum absolute atomic E-state index is 0.592. The van der Waals surface area contributed by atoms with E-state index >= 15 is 0 Å². The third kappa shape index (κ3) is 3.58. The molecule has 9 heteroatoms. The van der Waals surface area contributed by atoms with Crippen molar-refractivity contribution in [2.75, 3.05) is 11.9 Å². The molecular weight excluding hydrogens is 269 g/mol. The van der Waals surface area contributed by atoms with Gasteiger partial charge in [-0.25, -0.2) is 22.8 Å². The van der Waals surface area contributed by atoms with Crippen LogP contribution in [0.25, 0.3) is 0 Å². The van der Waals surface area contributed by atoms with Gasteiger partial charge in [-0.05, 0) is 12.1 Å². The van der Waals surface area contributed by atoms with Crippen LogP contribution in [0.5, 0.6) is 0 Å². The van der Waals surface area contributed by atoms with Crippen LogP contribution in [0.15, 0.2) is 12.1 Å². The lowest BCUT2D eigenvalue weighted by atomic mass is 10.3. The van der Waals surface area contributed by atoms with E-state index < -0.39 is 47.8 Å². The molecule has 0 spiro atoms. The fourth-order valence-corrected chi connectivity index (χ4v) is 1.12. The van der Waals surface area contributed by atoms with E-state index in [1.807, 2.05) is 0 Å². The highest BCUT2D eigenvalue weighted by Crippen LogP contribution is 2.19. The third-order valence-electron chi connectivity index (χ3n) is 2.07. The zero-order valence-electron chi connectivity index (χ0n) is 9.28. The molecule has 0 aliphatic carbocycles.